The minimum atomic E-state index is -0.121. The monoisotopic (exact) mass is 440 g/mol. The highest BCUT2D eigenvalue weighted by Gasteiger charge is 2.33. The van der Waals surface area contributed by atoms with E-state index in [9.17, 15) is 9.59 Å². The van der Waals surface area contributed by atoms with E-state index < -0.39 is 0 Å². The summed E-state index contributed by atoms with van der Waals surface area (Å²) in [5, 5.41) is 0.620. The first-order chi connectivity index (χ1) is 14.9. The van der Waals surface area contributed by atoms with Gasteiger partial charge in [-0.05, 0) is 51.0 Å². The number of carbonyl (C=O) groups is 2. The van der Waals surface area contributed by atoms with E-state index >= 15 is 0 Å². The van der Waals surface area contributed by atoms with Gasteiger partial charge in [-0.25, -0.2) is 4.98 Å². The first-order valence-electron chi connectivity index (χ1n) is 10.9. The second-order valence-corrected chi connectivity index (χ2v) is 9.05. The van der Waals surface area contributed by atoms with Gasteiger partial charge in [-0.15, -0.1) is 0 Å². The molecular weight excluding hydrogens is 412 g/mol. The van der Waals surface area contributed by atoms with Gasteiger partial charge in [0.05, 0.1) is 10.9 Å². The van der Waals surface area contributed by atoms with Gasteiger partial charge >= 0.3 is 0 Å². The Bertz CT molecular complexity index is 934. The van der Waals surface area contributed by atoms with Gasteiger partial charge in [-0.3, -0.25) is 9.59 Å². The van der Waals surface area contributed by atoms with Crippen LogP contribution in [0.2, 0.25) is 5.02 Å². The molecule has 3 heterocycles. The highest BCUT2D eigenvalue weighted by Crippen LogP contribution is 2.23. The molecule has 7 heteroatoms. The first kappa shape index (κ1) is 21.6. The Morgan fingerprint density at radius 2 is 1.68 bits per heavy atom. The number of nitrogens with zero attached hydrogens (tertiary/aromatic N) is 4. The fraction of sp³-hybridized carbons (Fsp3) is 0.458. The zero-order chi connectivity index (χ0) is 22.0. The van der Waals surface area contributed by atoms with E-state index in [4.69, 9.17) is 11.6 Å². The average Bonchev–Trinajstić information content (AvgIpc) is 2.78. The van der Waals surface area contributed by atoms with Gasteiger partial charge in [-0.2, -0.15) is 0 Å². The molecule has 4 rings (SSSR count). The zero-order valence-electron chi connectivity index (χ0n) is 18.2. The van der Waals surface area contributed by atoms with Crippen molar-refractivity contribution in [3.05, 3.63) is 58.2 Å². The summed E-state index contributed by atoms with van der Waals surface area (Å²) in [7, 11) is 0. The number of carbonyl (C=O) groups excluding carboxylic acids is 2. The third kappa shape index (κ3) is 5.01. The van der Waals surface area contributed by atoms with Gasteiger partial charge in [0.2, 0.25) is 5.91 Å². The fourth-order valence-electron chi connectivity index (χ4n) is 4.61. The van der Waals surface area contributed by atoms with Crippen LogP contribution in [0.15, 0.2) is 36.5 Å². The quantitative estimate of drug-likeness (QED) is 0.732. The number of halogens is 1. The van der Waals surface area contributed by atoms with Crippen molar-refractivity contribution in [1.82, 2.24) is 14.8 Å². The highest BCUT2D eigenvalue weighted by atomic mass is 35.5. The number of anilines is 1. The van der Waals surface area contributed by atoms with Gasteiger partial charge in [0, 0.05) is 51.0 Å². The lowest BCUT2D eigenvalue weighted by molar-refractivity contribution is -0.137. The maximum atomic E-state index is 13.2. The Morgan fingerprint density at radius 3 is 2.32 bits per heavy atom. The van der Waals surface area contributed by atoms with Crippen molar-refractivity contribution in [2.75, 3.05) is 44.2 Å². The Hall–Kier alpha value is -2.60. The summed E-state index contributed by atoms with van der Waals surface area (Å²) in [6, 6.07) is 9.69. The van der Waals surface area contributed by atoms with Crippen LogP contribution < -0.4 is 4.90 Å². The molecule has 6 nitrogen and oxygen atoms in total. The van der Waals surface area contributed by atoms with Crippen LogP contribution in [0.3, 0.4) is 0 Å². The lowest BCUT2D eigenvalue weighted by Gasteiger charge is -2.39. The number of hydrogen-bond donors (Lipinski definition) is 0. The third-order valence-corrected chi connectivity index (χ3v) is 6.38. The largest absolute Gasteiger partial charge is 0.353 e. The molecule has 0 saturated carbocycles. The summed E-state index contributed by atoms with van der Waals surface area (Å²) in [6.07, 6.45) is 3.35. The van der Waals surface area contributed by atoms with Gasteiger partial charge in [0.1, 0.15) is 5.82 Å². The second kappa shape index (κ2) is 9.27. The number of hydrogen-bond acceptors (Lipinski definition) is 4. The molecule has 0 aliphatic carbocycles. The molecule has 2 saturated heterocycles. The molecule has 1 aromatic carbocycles. The minimum Gasteiger partial charge on any atom is -0.353 e. The number of aromatic nitrogens is 1. The molecule has 0 spiro atoms. The molecule has 164 valence electrons. The van der Waals surface area contributed by atoms with Crippen molar-refractivity contribution >= 4 is 29.2 Å². The fourth-order valence-corrected chi connectivity index (χ4v) is 4.72. The van der Waals surface area contributed by atoms with E-state index in [0.717, 1.165) is 48.4 Å². The average molecular weight is 441 g/mol. The molecule has 1 aromatic heterocycles. The summed E-state index contributed by atoms with van der Waals surface area (Å²) >= 11 is 5.93. The van der Waals surface area contributed by atoms with Crippen LogP contribution in [0.25, 0.3) is 0 Å². The second-order valence-electron chi connectivity index (χ2n) is 8.61. The summed E-state index contributed by atoms with van der Waals surface area (Å²) in [6.45, 7) is 8.07. The molecule has 1 unspecified atom stereocenters. The lowest BCUT2D eigenvalue weighted by Crippen LogP contribution is -2.53. The topological polar surface area (TPSA) is 56.8 Å². The van der Waals surface area contributed by atoms with E-state index in [0.29, 0.717) is 31.2 Å². The number of rotatable bonds is 3. The number of piperazine rings is 1. The van der Waals surface area contributed by atoms with Crippen LogP contribution in [-0.2, 0) is 4.79 Å². The van der Waals surface area contributed by atoms with E-state index in [1.165, 1.54) is 0 Å². The molecule has 0 radical (unpaired) electrons. The molecule has 0 bridgehead atoms. The smallest absolute Gasteiger partial charge is 0.253 e. The van der Waals surface area contributed by atoms with Crippen LogP contribution in [0.4, 0.5) is 5.82 Å². The minimum absolute atomic E-state index is 0.0305. The van der Waals surface area contributed by atoms with Crippen LogP contribution in [0.5, 0.6) is 0 Å². The number of benzene rings is 1. The number of amides is 2. The van der Waals surface area contributed by atoms with Gasteiger partial charge in [-0.1, -0.05) is 28.8 Å². The van der Waals surface area contributed by atoms with Crippen molar-refractivity contribution in [2.45, 2.75) is 26.7 Å². The van der Waals surface area contributed by atoms with Crippen molar-refractivity contribution in [2.24, 2.45) is 5.92 Å². The summed E-state index contributed by atoms with van der Waals surface area (Å²) in [5.74, 6) is 0.966. The highest BCUT2D eigenvalue weighted by molar-refractivity contribution is 6.30. The molecule has 2 amide bonds. The van der Waals surface area contributed by atoms with Crippen LogP contribution >= 0.6 is 11.6 Å². The van der Waals surface area contributed by atoms with Crippen molar-refractivity contribution in [1.29, 1.82) is 0 Å². The van der Waals surface area contributed by atoms with E-state index in [-0.39, 0.29) is 17.7 Å². The normalized spacial score (nSPS) is 19.5. The van der Waals surface area contributed by atoms with Gasteiger partial charge < -0.3 is 14.7 Å². The summed E-state index contributed by atoms with van der Waals surface area (Å²) in [5.41, 5.74) is 2.89. The number of piperidine rings is 1. The van der Waals surface area contributed by atoms with Crippen molar-refractivity contribution < 1.29 is 9.59 Å². The van der Waals surface area contributed by atoms with Crippen LogP contribution in [0, 0.1) is 19.8 Å². The van der Waals surface area contributed by atoms with E-state index in [2.05, 4.69) is 16.0 Å². The zero-order valence-corrected chi connectivity index (χ0v) is 18.9. The Labute approximate surface area is 188 Å². The van der Waals surface area contributed by atoms with Gasteiger partial charge in [0.25, 0.3) is 5.91 Å². The van der Waals surface area contributed by atoms with E-state index in [1.807, 2.05) is 47.9 Å². The molecule has 2 aromatic rings. The molecule has 2 fully saturated rings. The number of pyridine rings is 1. The van der Waals surface area contributed by atoms with Gasteiger partial charge in [0.15, 0.2) is 0 Å². The first-order valence-corrected chi connectivity index (χ1v) is 11.3. The maximum absolute atomic E-state index is 13.2. The number of likely N-dealkylation sites (tertiary alicyclic amines) is 1. The SMILES string of the molecule is Cc1cc(C)cc(C(=O)N2CCCC(C(=O)N3CCN(c4ccc(Cl)cn4)CC3)C2)c1. The predicted molar refractivity (Wildman–Crippen MR) is 123 cm³/mol. The third-order valence-electron chi connectivity index (χ3n) is 6.15. The maximum Gasteiger partial charge on any atom is 0.253 e. The Morgan fingerprint density at radius 1 is 0.968 bits per heavy atom. The van der Waals surface area contributed by atoms with E-state index in [1.54, 1.807) is 6.20 Å². The standard InChI is InChI=1S/C24H29ClN4O2/c1-17-12-18(2)14-20(13-17)24(31)29-7-3-4-19(16-29)23(30)28-10-8-27(9-11-28)22-6-5-21(25)15-26-22/h5-6,12-15,19H,3-4,7-11,16H2,1-2H3. The molecular formula is C24H29ClN4O2. The molecule has 2 aliphatic heterocycles. The Kier molecular flexibility index (Phi) is 6.46. The molecule has 2 aliphatic rings. The lowest BCUT2D eigenvalue weighted by atomic mass is 9.95. The van der Waals surface area contributed by atoms with Crippen LogP contribution in [0.1, 0.15) is 34.3 Å². The molecule has 31 heavy (non-hydrogen) atoms. The predicted octanol–water partition coefficient (Wildman–Crippen LogP) is 3.55. The van der Waals surface area contributed by atoms with Crippen molar-refractivity contribution in [3.63, 3.8) is 0 Å². The van der Waals surface area contributed by atoms with Crippen molar-refractivity contribution in [3.8, 4) is 0 Å². The Balaban J connectivity index is 1.35. The van der Waals surface area contributed by atoms with Crippen LogP contribution in [-0.4, -0.2) is 65.9 Å². The summed E-state index contributed by atoms with van der Waals surface area (Å²) in [4.78, 5) is 36.6. The number of aryl methyl sites for hydroxylation is 2. The molecule has 1 atom stereocenters. The molecule has 0 N–H and O–H groups in total. The summed E-state index contributed by atoms with van der Waals surface area (Å²) < 4.78 is 0.